The summed E-state index contributed by atoms with van der Waals surface area (Å²) in [5, 5.41) is 12.0. The first-order valence-electron chi connectivity index (χ1n) is 5.29. The normalized spacial score (nSPS) is 25.8. The van der Waals surface area contributed by atoms with Gasteiger partial charge in [-0.05, 0) is 24.3 Å². The lowest BCUT2D eigenvalue weighted by molar-refractivity contribution is 0.244. The third-order valence-electron chi connectivity index (χ3n) is 2.95. The summed E-state index contributed by atoms with van der Waals surface area (Å²) in [6.45, 7) is 0.971. The van der Waals surface area contributed by atoms with Gasteiger partial charge in [0.25, 0.3) is 0 Å². The molecule has 0 unspecified atom stereocenters. The number of benzene rings is 1. The third kappa shape index (κ3) is 2.14. The van der Waals surface area contributed by atoms with Crippen LogP contribution in [0.4, 0.5) is 0 Å². The van der Waals surface area contributed by atoms with Gasteiger partial charge in [-0.3, -0.25) is 0 Å². The van der Waals surface area contributed by atoms with Gasteiger partial charge in [0.15, 0.2) is 0 Å². The number of aliphatic hydroxyl groups is 1. The highest BCUT2D eigenvalue weighted by Crippen LogP contribution is 2.36. The van der Waals surface area contributed by atoms with Crippen molar-refractivity contribution in [3.05, 3.63) is 35.9 Å². The Labute approximate surface area is 85.0 Å². The topological polar surface area (TPSA) is 32.3 Å². The molecule has 1 saturated carbocycles. The van der Waals surface area contributed by atoms with Gasteiger partial charge < -0.3 is 10.4 Å². The van der Waals surface area contributed by atoms with Crippen molar-refractivity contribution in [3.63, 3.8) is 0 Å². The summed E-state index contributed by atoms with van der Waals surface area (Å²) in [6.07, 6.45) is 2.42. The molecule has 1 aliphatic carbocycles. The number of nitrogens with one attached hydrogen (secondary N) is 1. The minimum absolute atomic E-state index is 0.243. The maximum Gasteiger partial charge on any atom is 0.0556 e. The van der Waals surface area contributed by atoms with Crippen LogP contribution in [-0.2, 0) is 0 Å². The van der Waals surface area contributed by atoms with Crippen LogP contribution in [0.25, 0.3) is 0 Å². The van der Waals surface area contributed by atoms with Crippen LogP contribution < -0.4 is 5.32 Å². The minimum atomic E-state index is 0.243. The summed E-state index contributed by atoms with van der Waals surface area (Å²) in [6, 6.07) is 11.3. The van der Waals surface area contributed by atoms with Crippen LogP contribution in [0.3, 0.4) is 0 Å². The molecule has 2 N–H and O–H groups in total. The van der Waals surface area contributed by atoms with Gasteiger partial charge in [-0.15, -0.1) is 0 Å². The summed E-state index contributed by atoms with van der Waals surface area (Å²) >= 11 is 0. The molecule has 1 aliphatic rings. The molecule has 2 nitrogen and oxygen atoms in total. The minimum Gasteiger partial charge on any atom is -0.395 e. The van der Waals surface area contributed by atoms with Crippen molar-refractivity contribution in [2.24, 2.45) is 0 Å². The molecule has 0 radical (unpaired) electrons. The molecule has 0 heterocycles. The van der Waals surface area contributed by atoms with Gasteiger partial charge in [0.2, 0.25) is 0 Å². The largest absolute Gasteiger partial charge is 0.395 e. The second-order valence-corrected chi connectivity index (χ2v) is 3.95. The summed E-state index contributed by atoms with van der Waals surface area (Å²) in [5.41, 5.74) is 1.45. The second kappa shape index (κ2) is 4.58. The van der Waals surface area contributed by atoms with Gasteiger partial charge in [0, 0.05) is 12.6 Å². The van der Waals surface area contributed by atoms with Gasteiger partial charge in [-0.25, -0.2) is 0 Å². The molecule has 1 fully saturated rings. The van der Waals surface area contributed by atoms with Crippen molar-refractivity contribution in [3.8, 4) is 0 Å². The highest BCUT2D eigenvalue weighted by atomic mass is 16.3. The molecule has 0 saturated heterocycles. The predicted octanol–water partition coefficient (Wildman–Crippen LogP) is 1.51. The van der Waals surface area contributed by atoms with E-state index < -0.39 is 0 Å². The van der Waals surface area contributed by atoms with E-state index in [4.69, 9.17) is 5.11 Å². The molecular weight excluding hydrogens is 174 g/mol. The third-order valence-corrected chi connectivity index (χ3v) is 2.95. The molecular formula is C12H17NO. The lowest BCUT2D eigenvalue weighted by Crippen LogP contribution is -2.41. The van der Waals surface area contributed by atoms with E-state index in [-0.39, 0.29) is 6.61 Å². The number of hydrogen-bond acceptors (Lipinski definition) is 2. The highest BCUT2D eigenvalue weighted by molar-refractivity contribution is 5.22. The Morgan fingerprint density at radius 3 is 2.57 bits per heavy atom. The van der Waals surface area contributed by atoms with Crippen molar-refractivity contribution in [2.45, 2.75) is 24.8 Å². The van der Waals surface area contributed by atoms with E-state index >= 15 is 0 Å². The van der Waals surface area contributed by atoms with Crippen molar-refractivity contribution in [1.29, 1.82) is 0 Å². The van der Waals surface area contributed by atoms with Crippen LogP contribution in [-0.4, -0.2) is 24.3 Å². The zero-order valence-electron chi connectivity index (χ0n) is 8.32. The average molecular weight is 191 g/mol. The Bertz CT molecular complexity index is 267. The summed E-state index contributed by atoms with van der Waals surface area (Å²) < 4.78 is 0. The Balaban J connectivity index is 1.78. The van der Waals surface area contributed by atoms with Crippen LogP contribution >= 0.6 is 0 Å². The zero-order chi connectivity index (χ0) is 9.80. The molecule has 0 amide bonds. The van der Waals surface area contributed by atoms with Gasteiger partial charge >= 0.3 is 0 Å². The zero-order valence-corrected chi connectivity index (χ0v) is 8.32. The quantitative estimate of drug-likeness (QED) is 0.756. The first-order chi connectivity index (χ1) is 6.90. The van der Waals surface area contributed by atoms with Gasteiger partial charge in [-0.1, -0.05) is 30.3 Å². The van der Waals surface area contributed by atoms with E-state index in [2.05, 4.69) is 35.6 Å². The van der Waals surface area contributed by atoms with Crippen molar-refractivity contribution in [1.82, 2.24) is 5.32 Å². The molecule has 2 heteroatoms. The fourth-order valence-corrected chi connectivity index (χ4v) is 2.05. The van der Waals surface area contributed by atoms with Crippen LogP contribution in [0.1, 0.15) is 24.3 Å². The van der Waals surface area contributed by atoms with Crippen molar-refractivity contribution < 1.29 is 5.11 Å². The van der Waals surface area contributed by atoms with Crippen molar-refractivity contribution >= 4 is 0 Å². The first-order valence-corrected chi connectivity index (χ1v) is 5.29. The van der Waals surface area contributed by atoms with E-state index in [0.29, 0.717) is 6.04 Å². The predicted molar refractivity (Wildman–Crippen MR) is 57.3 cm³/mol. The lowest BCUT2D eigenvalue weighted by Gasteiger charge is -2.36. The number of aliphatic hydroxyl groups excluding tert-OH is 1. The van der Waals surface area contributed by atoms with Gasteiger partial charge in [0.1, 0.15) is 0 Å². The number of hydrogen-bond donors (Lipinski definition) is 2. The molecule has 0 atom stereocenters. The summed E-state index contributed by atoms with van der Waals surface area (Å²) in [4.78, 5) is 0. The van der Waals surface area contributed by atoms with E-state index in [9.17, 15) is 0 Å². The van der Waals surface area contributed by atoms with Crippen LogP contribution in [0.15, 0.2) is 30.3 Å². The standard InChI is InChI=1S/C12H17NO/c14-7-6-13-12-8-11(9-12)10-4-2-1-3-5-10/h1-5,11-14H,6-9H2. The molecule has 14 heavy (non-hydrogen) atoms. The Hall–Kier alpha value is -0.860. The maximum absolute atomic E-state index is 8.66. The molecule has 0 aliphatic heterocycles. The summed E-state index contributed by atoms with van der Waals surface area (Å²) in [7, 11) is 0. The molecule has 0 bridgehead atoms. The fraction of sp³-hybridized carbons (Fsp3) is 0.500. The van der Waals surface area contributed by atoms with Crippen molar-refractivity contribution in [2.75, 3.05) is 13.2 Å². The molecule has 76 valence electrons. The molecule has 2 rings (SSSR count). The van der Waals surface area contributed by atoms with E-state index in [0.717, 1.165) is 12.5 Å². The SMILES string of the molecule is OCCNC1CC(c2ccccc2)C1. The molecule has 0 spiro atoms. The Morgan fingerprint density at radius 2 is 1.93 bits per heavy atom. The molecule has 1 aromatic rings. The second-order valence-electron chi connectivity index (χ2n) is 3.95. The van der Waals surface area contributed by atoms with Crippen LogP contribution in [0.5, 0.6) is 0 Å². The molecule has 0 aromatic heterocycles. The van der Waals surface area contributed by atoms with E-state index in [1.807, 2.05) is 0 Å². The Kier molecular flexibility index (Phi) is 3.17. The first kappa shape index (κ1) is 9.69. The monoisotopic (exact) mass is 191 g/mol. The number of rotatable bonds is 4. The van der Waals surface area contributed by atoms with Gasteiger partial charge in [-0.2, -0.15) is 0 Å². The van der Waals surface area contributed by atoms with E-state index in [1.165, 1.54) is 18.4 Å². The molecule has 1 aromatic carbocycles. The lowest BCUT2D eigenvalue weighted by atomic mass is 9.76. The summed E-state index contributed by atoms with van der Waals surface area (Å²) in [5.74, 6) is 0.729. The van der Waals surface area contributed by atoms with Crippen LogP contribution in [0, 0.1) is 0 Å². The highest BCUT2D eigenvalue weighted by Gasteiger charge is 2.29. The maximum atomic E-state index is 8.66. The fourth-order valence-electron chi connectivity index (χ4n) is 2.05. The average Bonchev–Trinajstić information content (AvgIpc) is 2.17. The van der Waals surface area contributed by atoms with Gasteiger partial charge in [0.05, 0.1) is 6.61 Å². The van der Waals surface area contributed by atoms with Crippen LogP contribution in [0.2, 0.25) is 0 Å². The smallest absolute Gasteiger partial charge is 0.0556 e. The van der Waals surface area contributed by atoms with E-state index in [1.54, 1.807) is 0 Å². The Morgan fingerprint density at radius 1 is 1.21 bits per heavy atom.